The molecule has 68 valence electrons. The third-order valence-corrected chi connectivity index (χ3v) is 1.62. The minimum Gasteiger partial charge on any atom is -0.449 e. The fraction of sp³-hybridized carbons (Fsp3) is 0.667. The van der Waals surface area contributed by atoms with Crippen LogP contribution in [0.1, 0.15) is 38.4 Å². The largest absolute Gasteiger partial charge is 0.449 e. The standard InChI is InChI=1S/C9H16N2O/c1-6(2)4-9-11-8(5-12-9)7(3)10/h5-7H,4,10H2,1-3H3. The molecule has 1 heterocycles. The average Bonchev–Trinajstić information content (AvgIpc) is 2.34. The molecule has 0 aliphatic carbocycles. The fourth-order valence-corrected chi connectivity index (χ4v) is 0.977. The van der Waals surface area contributed by atoms with Crippen molar-refractivity contribution in [3.63, 3.8) is 0 Å². The lowest BCUT2D eigenvalue weighted by Gasteiger charge is -1.98. The number of hydrogen-bond acceptors (Lipinski definition) is 3. The maximum atomic E-state index is 5.64. The van der Waals surface area contributed by atoms with Gasteiger partial charge in [-0.3, -0.25) is 0 Å². The minimum atomic E-state index is -0.0327. The highest BCUT2D eigenvalue weighted by atomic mass is 16.3. The quantitative estimate of drug-likeness (QED) is 0.749. The molecule has 1 aromatic heterocycles. The molecule has 1 unspecified atom stereocenters. The lowest BCUT2D eigenvalue weighted by molar-refractivity contribution is 0.457. The number of rotatable bonds is 3. The van der Waals surface area contributed by atoms with Gasteiger partial charge >= 0.3 is 0 Å². The maximum absolute atomic E-state index is 5.64. The van der Waals surface area contributed by atoms with Gasteiger partial charge in [0.15, 0.2) is 5.89 Å². The number of oxazole rings is 1. The van der Waals surface area contributed by atoms with Gasteiger partial charge in [0.05, 0.1) is 5.69 Å². The first-order valence-corrected chi connectivity index (χ1v) is 4.29. The summed E-state index contributed by atoms with van der Waals surface area (Å²) < 4.78 is 5.25. The van der Waals surface area contributed by atoms with Gasteiger partial charge in [0.25, 0.3) is 0 Å². The fourth-order valence-electron chi connectivity index (χ4n) is 0.977. The summed E-state index contributed by atoms with van der Waals surface area (Å²) in [4.78, 5) is 4.26. The topological polar surface area (TPSA) is 52.0 Å². The molecule has 3 nitrogen and oxygen atoms in total. The number of nitrogens with two attached hydrogens (primary N) is 1. The van der Waals surface area contributed by atoms with Crippen molar-refractivity contribution in [1.82, 2.24) is 4.98 Å². The third kappa shape index (κ3) is 2.34. The molecule has 0 spiro atoms. The number of aromatic nitrogens is 1. The normalized spacial score (nSPS) is 13.8. The van der Waals surface area contributed by atoms with Crippen LogP contribution >= 0.6 is 0 Å². The molecule has 1 rings (SSSR count). The minimum absolute atomic E-state index is 0.0327. The summed E-state index contributed by atoms with van der Waals surface area (Å²) in [7, 11) is 0. The Labute approximate surface area is 73.0 Å². The van der Waals surface area contributed by atoms with Crippen molar-refractivity contribution >= 4 is 0 Å². The van der Waals surface area contributed by atoms with E-state index in [0.29, 0.717) is 5.92 Å². The molecular weight excluding hydrogens is 152 g/mol. The second-order valence-electron chi connectivity index (χ2n) is 3.55. The Balaban J connectivity index is 2.64. The van der Waals surface area contributed by atoms with E-state index in [1.165, 1.54) is 0 Å². The zero-order valence-corrected chi connectivity index (χ0v) is 7.87. The molecule has 1 aromatic rings. The van der Waals surface area contributed by atoms with Crippen LogP contribution in [0.15, 0.2) is 10.7 Å². The molecule has 2 N–H and O–H groups in total. The first kappa shape index (κ1) is 9.26. The number of nitrogens with zero attached hydrogens (tertiary/aromatic N) is 1. The second kappa shape index (κ2) is 3.72. The van der Waals surface area contributed by atoms with Gasteiger partial charge in [-0.2, -0.15) is 0 Å². The van der Waals surface area contributed by atoms with E-state index in [-0.39, 0.29) is 6.04 Å². The zero-order valence-electron chi connectivity index (χ0n) is 7.87. The Morgan fingerprint density at radius 2 is 2.17 bits per heavy atom. The van der Waals surface area contributed by atoms with Gasteiger partial charge in [-0.15, -0.1) is 0 Å². The van der Waals surface area contributed by atoms with Gasteiger partial charge in [0, 0.05) is 12.5 Å². The average molecular weight is 168 g/mol. The van der Waals surface area contributed by atoms with Gasteiger partial charge in [-0.25, -0.2) is 4.98 Å². The number of hydrogen-bond donors (Lipinski definition) is 1. The van der Waals surface area contributed by atoms with Crippen molar-refractivity contribution in [2.75, 3.05) is 0 Å². The van der Waals surface area contributed by atoms with Crippen LogP contribution in [0.25, 0.3) is 0 Å². The summed E-state index contributed by atoms with van der Waals surface area (Å²) in [6.07, 6.45) is 2.52. The van der Waals surface area contributed by atoms with E-state index in [4.69, 9.17) is 10.2 Å². The molecule has 3 heteroatoms. The van der Waals surface area contributed by atoms with Crippen LogP contribution in [0.2, 0.25) is 0 Å². The van der Waals surface area contributed by atoms with Gasteiger partial charge in [-0.05, 0) is 12.8 Å². The second-order valence-corrected chi connectivity index (χ2v) is 3.55. The van der Waals surface area contributed by atoms with Crippen molar-refractivity contribution in [1.29, 1.82) is 0 Å². The molecule has 0 saturated heterocycles. The first-order valence-electron chi connectivity index (χ1n) is 4.29. The molecule has 0 bridgehead atoms. The van der Waals surface area contributed by atoms with Crippen molar-refractivity contribution < 1.29 is 4.42 Å². The monoisotopic (exact) mass is 168 g/mol. The highest BCUT2D eigenvalue weighted by Crippen LogP contribution is 2.11. The van der Waals surface area contributed by atoms with E-state index in [9.17, 15) is 0 Å². The van der Waals surface area contributed by atoms with E-state index in [0.717, 1.165) is 18.0 Å². The summed E-state index contributed by atoms with van der Waals surface area (Å²) in [6, 6.07) is -0.0327. The predicted octanol–water partition coefficient (Wildman–Crippen LogP) is 1.89. The molecule has 0 aliphatic heterocycles. The van der Waals surface area contributed by atoms with E-state index < -0.39 is 0 Å². The molecule has 1 atom stereocenters. The first-order chi connectivity index (χ1) is 5.59. The summed E-state index contributed by atoms with van der Waals surface area (Å²) in [6.45, 7) is 6.17. The van der Waals surface area contributed by atoms with Crippen molar-refractivity contribution in [2.45, 2.75) is 33.2 Å². The highest BCUT2D eigenvalue weighted by Gasteiger charge is 2.08. The van der Waals surface area contributed by atoms with Crippen LogP contribution in [-0.4, -0.2) is 4.98 Å². The van der Waals surface area contributed by atoms with E-state index in [1.807, 2.05) is 6.92 Å². The lowest BCUT2D eigenvalue weighted by Crippen LogP contribution is -2.05. The maximum Gasteiger partial charge on any atom is 0.194 e. The van der Waals surface area contributed by atoms with Crippen LogP contribution in [0.5, 0.6) is 0 Å². The van der Waals surface area contributed by atoms with Crippen LogP contribution in [0, 0.1) is 5.92 Å². The van der Waals surface area contributed by atoms with Gasteiger partial charge in [-0.1, -0.05) is 13.8 Å². The molecule has 0 saturated carbocycles. The van der Waals surface area contributed by atoms with Crippen molar-refractivity contribution in [3.8, 4) is 0 Å². The molecule has 0 radical (unpaired) electrons. The predicted molar refractivity (Wildman–Crippen MR) is 47.6 cm³/mol. The summed E-state index contributed by atoms with van der Waals surface area (Å²) >= 11 is 0. The third-order valence-electron chi connectivity index (χ3n) is 1.62. The molecule has 12 heavy (non-hydrogen) atoms. The van der Waals surface area contributed by atoms with Gasteiger partial charge in [0.1, 0.15) is 6.26 Å². The lowest BCUT2D eigenvalue weighted by atomic mass is 10.1. The molecule has 0 fully saturated rings. The SMILES string of the molecule is CC(C)Cc1nc(C(C)N)co1. The van der Waals surface area contributed by atoms with E-state index in [2.05, 4.69) is 18.8 Å². The Bertz CT molecular complexity index is 240. The Hall–Kier alpha value is -0.830. The van der Waals surface area contributed by atoms with Crippen LogP contribution < -0.4 is 5.73 Å². The van der Waals surface area contributed by atoms with Crippen LogP contribution in [-0.2, 0) is 6.42 Å². The van der Waals surface area contributed by atoms with E-state index >= 15 is 0 Å². The molecule has 0 amide bonds. The van der Waals surface area contributed by atoms with Crippen LogP contribution in [0.4, 0.5) is 0 Å². The summed E-state index contributed by atoms with van der Waals surface area (Å²) in [5, 5.41) is 0. The van der Waals surface area contributed by atoms with Gasteiger partial charge < -0.3 is 10.2 Å². The zero-order chi connectivity index (χ0) is 9.14. The van der Waals surface area contributed by atoms with E-state index in [1.54, 1.807) is 6.26 Å². The Kier molecular flexibility index (Phi) is 2.87. The van der Waals surface area contributed by atoms with Crippen molar-refractivity contribution in [3.05, 3.63) is 17.8 Å². The molecular formula is C9H16N2O. The smallest absolute Gasteiger partial charge is 0.194 e. The Morgan fingerprint density at radius 3 is 2.58 bits per heavy atom. The Morgan fingerprint density at radius 1 is 1.50 bits per heavy atom. The summed E-state index contributed by atoms with van der Waals surface area (Å²) in [5.41, 5.74) is 6.47. The molecule has 0 aromatic carbocycles. The summed E-state index contributed by atoms with van der Waals surface area (Å²) in [5.74, 6) is 1.36. The van der Waals surface area contributed by atoms with Crippen molar-refractivity contribution in [2.24, 2.45) is 11.7 Å². The molecule has 0 aliphatic rings. The van der Waals surface area contributed by atoms with Gasteiger partial charge in [0.2, 0.25) is 0 Å². The van der Waals surface area contributed by atoms with Crippen LogP contribution in [0.3, 0.4) is 0 Å². The highest BCUT2D eigenvalue weighted by molar-refractivity contribution is 5.01.